The predicted octanol–water partition coefficient (Wildman–Crippen LogP) is 2.74. The molecule has 0 saturated heterocycles. The van der Waals surface area contributed by atoms with Crippen molar-refractivity contribution < 1.29 is 19.4 Å². The Morgan fingerprint density at radius 2 is 1.86 bits per heavy atom. The van der Waals surface area contributed by atoms with Crippen LogP contribution in [0.4, 0.5) is 5.69 Å². The van der Waals surface area contributed by atoms with E-state index in [-0.39, 0.29) is 22.9 Å². The predicted molar refractivity (Wildman–Crippen MR) is 78.6 cm³/mol. The van der Waals surface area contributed by atoms with Crippen molar-refractivity contribution in [1.82, 2.24) is 0 Å². The maximum atomic E-state index is 12.1. The molecule has 0 spiro atoms. The van der Waals surface area contributed by atoms with Crippen molar-refractivity contribution in [2.45, 2.75) is 6.92 Å². The Kier molecular flexibility index (Phi) is 4.23. The number of hydrogen-bond donors (Lipinski definition) is 2. The van der Waals surface area contributed by atoms with Crippen molar-refractivity contribution in [3.05, 3.63) is 59.2 Å². The van der Waals surface area contributed by atoms with Gasteiger partial charge in [0.05, 0.1) is 18.4 Å². The zero-order valence-electron chi connectivity index (χ0n) is 11.7. The second-order valence-corrected chi connectivity index (χ2v) is 4.49. The average Bonchev–Trinajstić information content (AvgIpc) is 2.48. The van der Waals surface area contributed by atoms with Crippen LogP contribution >= 0.6 is 0 Å². The standard InChI is InChI=1S/C16H15NO4/c1-10-5-3-4-6-12(10)15(19)17-13-8-7-11(9-14(13)18)16(20)21-2/h3-9,18H,1-2H3,(H,17,19). The second kappa shape index (κ2) is 6.09. The number of benzene rings is 2. The average molecular weight is 285 g/mol. The topological polar surface area (TPSA) is 75.6 Å². The van der Waals surface area contributed by atoms with E-state index >= 15 is 0 Å². The first kappa shape index (κ1) is 14.6. The summed E-state index contributed by atoms with van der Waals surface area (Å²) in [6, 6.07) is 11.3. The van der Waals surface area contributed by atoms with Crippen LogP contribution in [0.25, 0.3) is 0 Å². The second-order valence-electron chi connectivity index (χ2n) is 4.49. The Morgan fingerprint density at radius 3 is 2.48 bits per heavy atom. The number of ether oxygens (including phenoxy) is 1. The summed E-state index contributed by atoms with van der Waals surface area (Å²) in [7, 11) is 1.26. The van der Waals surface area contributed by atoms with E-state index in [0.717, 1.165) is 5.56 Å². The summed E-state index contributed by atoms with van der Waals surface area (Å²) in [5, 5.41) is 12.5. The Balaban J connectivity index is 2.22. The molecule has 1 amide bonds. The normalized spacial score (nSPS) is 10.0. The highest BCUT2D eigenvalue weighted by Crippen LogP contribution is 2.25. The van der Waals surface area contributed by atoms with Crippen LogP contribution in [0.15, 0.2) is 42.5 Å². The number of aryl methyl sites for hydroxylation is 1. The molecule has 108 valence electrons. The number of esters is 1. The molecule has 0 aliphatic heterocycles. The molecule has 2 aromatic rings. The molecule has 0 heterocycles. The van der Waals surface area contributed by atoms with Gasteiger partial charge in [-0.15, -0.1) is 0 Å². The van der Waals surface area contributed by atoms with Gasteiger partial charge in [-0.05, 0) is 36.8 Å². The summed E-state index contributed by atoms with van der Waals surface area (Å²) in [5.41, 5.74) is 1.80. The number of methoxy groups -OCH3 is 1. The molecular formula is C16H15NO4. The molecule has 0 aromatic heterocycles. The summed E-state index contributed by atoms with van der Waals surface area (Å²) in [4.78, 5) is 23.5. The lowest BCUT2D eigenvalue weighted by Gasteiger charge is -2.10. The number of anilines is 1. The van der Waals surface area contributed by atoms with Crippen molar-refractivity contribution >= 4 is 17.6 Å². The molecule has 0 atom stereocenters. The molecule has 0 radical (unpaired) electrons. The number of phenols is 1. The molecule has 0 fully saturated rings. The SMILES string of the molecule is COC(=O)c1ccc(NC(=O)c2ccccc2C)c(O)c1. The van der Waals surface area contributed by atoms with Crippen molar-refractivity contribution in [1.29, 1.82) is 0 Å². The van der Waals surface area contributed by atoms with Gasteiger partial charge in [-0.3, -0.25) is 4.79 Å². The van der Waals surface area contributed by atoms with Crippen molar-refractivity contribution in [3.63, 3.8) is 0 Å². The van der Waals surface area contributed by atoms with Gasteiger partial charge in [0, 0.05) is 5.56 Å². The molecule has 2 rings (SSSR count). The summed E-state index contributed by atoms with van der Waals surface area (Å²) in [5.74, 6) is -1.07. The number of phenolic OH excluding ortho intramolecular Hbond substituents is 1. The van der Waals surface area contributed by atoms with Gasteiger partial charge in [-0.25, -0.2) is 4.79 Å². The van der Waals surface area contributed by atoms with E-state index in [2.05, 4.69) is 10.1 Å². The van der Waals surface area contributed by atoms with Crippen LogP contribution in [-0.2, 0) is 4.74 Å². The minimum absolute atomic E-state index is 0.195. The zero-order chi connectivity index (χ0) is 15.4. The molecule has 0 aliphatic carbocycles. The number of rotatable bonds is 3. The van der Waals surface area contributed by atoms with Crippen LogP contribution in [-0.4, -0.2) is 24.1 Å². The highest BCUT2D eigenvalue weighted by molar-refractivity contribution is 6.06. The molecule has 0 saturated carbocycles. The first-order chi connectivity index (χ1) is 10.0. The molecular weight excluding hydrogens is 270 g/mol. The number of amides is 1. The number of nitrogens with one attached hydrogen (secondary N) is 1. The number of carbonyl (C=O) groups is 2. The number of carbonyl (C=O) groups excluding carboxylic acids is 2. The summed E-state index contributed by atoms with van der Waals surface area (Å²) in [6.45, 7) is 1.83. The van der Waals surface area contributed by atoms with Crippen molar-refractivity contribution in [2.75, 3.05) is 12.4 Å². The highest BCUT2D eigenvalue weighted by Gasteiger charge is 2.13. The van der Waals surface area contributed by atoms with Gasteiger partial charge in [0.25, 0.3) is 5.91 Å². The van der Waals surface area contributed by atoms with Gasteiger partial charge < -0.3 is 15.2 Å². The van der Waals surface area contributed by atoms with Crippen LogP contribution in [0.1, 0.15) is 26.3 Å². The summed E-state index contributed by atoms with van der Waals surface area (Å²) >= 11 is 0. The van der Waals surface area contributed by atoms with Crippen LogP contribution in [0.3, 0.4) is 0 Å². The van der Waals surface area contributed by atoms with E-state index in [1.54, 1.807) is 12.1 Å². The molecule has 5 nitrogen and oxygen atoms in total. The molecule has 0 aliphatic rings. The molecule has 0 bridgehead atoms. The van der Waals surface area contributed by atoms with Gasteiger partial charge in [-0.1, -0.05) is 18.2 Å². The quantitative estimate of drug-likeness (QED) is 0.671. The molecule has 2 aromatic carbocycles. The van der Waals surface area contributed by atoms with Gasteiger partial charge in [0.15, 0.2) is 0 Å². The Bertz CT molecular complexity index is 694. The van der Waals surface area contributed by atoms with E-state index in [4.69, 9.17) is 0 Å². The van der Waals surface area contributed by atoms with E-state index in [1.807, 2.05) is 19.1 Å². The first-order valence-electron chi connectivity index (χ1n) is 6.31. The Hall–Kier alpha value is -2.82. The van der Waals surface area contributed by atoms with Gasteiger partial charge in [0.1, 0.15) is 5.75 Å². The van der Waals surface area contributed by atoms with Crippen LogP contribution in [0, 0.1) is 6.92 Å². The maximum absolute atomic E-state index is 12.1. The minimum Gasteiger partial charge on any atom is -0.506 e. The first-order valence-corrected chi connectivity index (χ1v) is 6.31. The molecule has 2 N–H and O–H groups in total. The highest BCUT2D eigenvalue weighted by atomic mass is 16.5. The third kappa shape index (κ3) is 3.20. The lowest BCUT2D eigenvalue weighted by molar-refractivity contribution is 0.0600. The number of hydrogen-bond acceptors (Lipinski definition) is 4. The van der Waals surface area contributed by atoms with E-state index < -0.39 is 5.97 Å². The maximum Gasteiger partial charge on any atom is 0.337 e. The fourth-order valence-corrected chi connectivity index (χ4v) is 1.90. The summed E-state index contributed by atoms with van der Waals surface area (Å²) < 4.78 is 4.56. The lowest BCUT2D eigenvalue weighted by atomic mass is 10.1. The monoisotopic (exact) mass is 285 g/mol. The third-order valence-corrected chi connectivity index (χ3v) is 3.06. The smallest absolute Gasteiger partial charge is 0.337 e. The molecule has 5 heteroatoms. The zero-order valence-corrected chi connectivity index (χ0v) is 11.7. The largest absolute Gasteiger partial charge is 0.506 e. The van der Waals surface area contributed by atoms with Crippen LogP contribution in [0.2, 0.25) is 0 Å². The van der Waals surface area contributed by atoms with Crippen LogP contribution < -0.4 is 5.32 Å². The van der Waals surface area contributed by atoms with E-state index in [0.29, 0.717) is 5.56 Å². The van der Waals surface area contributed by atoms with Crippen molar-refractivity contribution in [3.8, 4) is 5.75 Å². The van der Waals surface area contributed by atoms with Crippen LogP contribution in [0.5, 0.6) is 5.75 Å². The molecule has 0 unspecified atom stereocenters. The van der Waals surface area contributed by atoms with E-state index in [9.17, 15) is 14.7 Å². The van der Waals surface area contributed by atoms with Gasteiger partial charge in [-0.2, -0.15) is 0 Å². The Labute approximate surface area is 122 Å². The van der Waals surface area contributed by atoms with E-state index in [1.165, 1.54) is 25.3 Å². The summed E-state index contributed by atoms with van der Waals surface area (Å²) in [6.07, 6.45) is 0. The van der Waals surface area contributed by atoms with Crippen molar-refractivity contribution in [2.24, 2.45) is 0 Å². The number of aromatic hydroxyl groups is 1. The van der Waals surface area contributed by atoms with Gasteiger partial charge in [0.2, 0.25) is 0 Å². The Morgan fingerprint density at radius 1 is 1.14 bits per heavy atom. The minimum atomic E-state index is -0.554. The fraction of sp³-hybridized carbons (Fsp3) is 0.125. The fourth-order valence-electron chi connectivity index (χ4n) is 1.90. The lowest BCUT2D eigenvalue weighted by Crippen LogP contribution is -2.13. The third-order valence-electron chi connectivity index (χ3n) is 3.06. The molecule has 21 heavy (non-hydrogen) atoms. The van der Waals surface area contributed by atoms with Gasteiger partial charge >= 0.3 is 5.97 Å².